The number of carbonyl (C=O) groups excluding carboxylic acids is 1. The average molecular weight is 591 g/mol. The molecule has 1 saturated carbocycles. The lowest BCUT2D eigenvalue weighted by Crippen LogP contribution is -2.64. The number of amides is 1. The van der Waals surface area contributed by atoms with Crippen LogP contribution in [0.5, 0.6) is 17.4 Å². The summed E-state index contributed by atoms with van der Waals surface area (Å²) >= 11 is 0. The van der Waals surface area contributed by atoms with E-state index < -0.39 is 78.8 Å². The summed E-state index contributed by atoms with van der Waals surface area (Å²) in [5.41, 5.74) is 2.23. The number of phenolic OH excluding ortho intramolecular Hbond substituents is 1. The summed E-state index contributed by atoms with van der Waals surface area (Å²) in [6.07, 6.45) is -0.921. The number of aromatic hydroxyl groups is 1. The molecular weight excluding hydrogens is 560 g/mol. The van der Waals surface area contributed by atoms with E-state index in [0.29, 0.717) is 5.56 Å². The number of carbonyl (C=O) groups is 1. The number of nitrogens with zero attached hydrogens (tertiary/aromatic N) is 3. The molecule has 1 aromatic heterocycles. The number of halogens is 4. The molecule has 0 unspecified atom stereocenters. The van der Waals surface area contributed by atoms with Gasteiger partial charge in [-0.2, -0.15) is 0 Å². The monoisotopic (exact) mass is 590 g/mol. The van der Waals surface area contributed by atoms with Gasteiger partial charge in [0.05, 0.1) is 13.1 Å². The van der Waals surface area contributed by atoms with Crippen LogP contribution >= 0.6 is 0 Å². The molecule has 9 nitrogen and oxygen atoms in total. The van der Waals surface area contributed by atoms with Crippen LogP contribution in [0.15, 0.2) is 65.7 Å². The molecule has 2 aromatic carbocycles. The van der Waals surface area contributed by atoms with Crippen molar-refractivity contribution in [2.75, 3.05) is 18.8 Å². The summed E-state index contributed by atoms with van der Waals surface area (Å²) < 4.78 is 65.8. The molecule has 3 atom stereocenters. The third-order valence-electron chi connectivity index (χ3n) is 8.05. The molecule has 4 N–H and O–H groups in total. The summed E-state index contributed by atoms with van der Waals surface area (Å²) in [4.78, 5) is 31.2. The average Bonchev–Trinajstić information content (AvgIpc) is 2.94. The maximum Gasteiger partial charge on any atom is 0.295 e. The van der Waals surface area contributed by atoms with Gasteiger partial charge in [0.2, 0.25) is 17.7 Å². The zero-order chi connectivity index (χ0) is 30.3. The third-order valence-corrected chi connectivity index (χ3v) is 8.05. The molecule has 0 radical (unpaired) electrons. The first-order chi connectivity index (χ1) is 19.8. The van der Waals surface area contributed by atoms with Crippen LogP contribution in [-0.2, 0) is 11.3 Å². The number of hydrogen-bond donors (Lipinski definition) is 3. The summed E-state index contributed by atoms with van der Waals surface area (Å²) in [6.45, 7) is -2.28. The van der Waals surface area contributed by atoms with Gasteiger partial charge in [-0.15, -0.1) is 0 Å². The van der Waals surface area contributed by atoms with Crippen molar-refractivity contribution in [3.05, 3.63) is 76.8 Å². The molecule has 2 fully saturated rings. The van der Waals surface area contributed by atoms with Gasteiger partial charge in [-0.1, -0.05) is 36.4 Å². The van der Waals surface area contributed by atoms with Crippen molar-refractivity contribution in [3.8, 4) is 17.4 Å². The Morgan fingerprint density at radius 1 is 1.10 bits per heavy atom. The lowest BCUT2D eigenvalue weighted by molar-refractivity contribution is -0.223. The second-order valence-corrected chi connectivity index (χ2v) is 11.0. The number of aliphatic hydroxyl groups is 1. The molecule has 42 heavy (non-hydrogen) atoms. The highest BCUT2D eigenvalue weighted by Crippen LogP contribution is 2.47. The van der Waals surface area contributed by atoms with E-state index in [1.165, 1.54) is 24.3 Å². The number of ether oxygens (including phenoxy) is 1. The fourth-order valence-electron chi connectivity index (χ4n) is 5.69. The number of rotatable bonds is 6. The zero-order valence-corrected chi connectivity index (χ0v) is 22.4. The van der Waals surface area contributed by atoms with Gasteiger partial charge in [0, 0.05) is 43.7 Å². The Morgan fingerprint density at radius 2 is 1.83 bits per heavy atom. The summed E-state index contributed by atoms with van der Waals surface area (Å²) in [5.74, 6) is -9.55. The molecule has 1 aliphatic heterocycles. The fraction of sp³-hybridized carbons (Fsp3) is 0.414. The number of hydrogen-bond acceptors (Lipinski definition) is 7. The first-order valence-electron chi connectivity index (χ1n) is 13.4. The van der Waals surface area contributed by atoms with Crippen molar-refractivity contribution in [1.82, 2.24) is 14.5 Å². The Bertz CT molecular complexity index is 1520. The van der Waals surface area contributed by atoms with Crippen LogP contribution in [0.4, 0.5) is 23.2 Å². The highest BCUT2D eigenvalue weighted by atomic mass is 19.3. The quantitative estimate of drug-likeness (QED) is 0.368. The molecule has 3 aromatic rings. The Morgan fingerprint density at radius 3 is 2.52 bits per heavy atom. The van der Waals surface area contributed by atoms with Gasteiger partial charge >= 0.3 is 0 Å². The predicted molar refractivity (Wildman–Crippen MR) is 144 cm³/mol. The molecule has 0 bridgehead atoms. The minimum absolute atomic E-state index is 0.106. The van der Waals surface area contributed by atoms with Crippen molar-refractivity contribution in [1.29, 1.82) is 0 Å². The van der Waals surface area contributed by atoms with Crippen LogP contribution in [0.2, 0.25) is 0 Å². The number of nitrogen functional groups attached to an aromatic ring is 1. The maximum atomic E-state index is 15.5. The van der Waals surface area contributed by atoms with E-state index >= 15 is 8.78 Å². The van der Waals surface area contributed by atoms with Gasteiger partial charge in [0.15, 0.2) is 5.69 Å². The maximum absolute atomic E-state index is 15.5. The standard InChI is InChI=1S/C29H30F4N4O5/c30-28(31)10-9-21(22(14-28)18-5-2-1-3-6-18)25(39)36-12-11-27(41,29(32,33)16-36)15-37-17-35-24(23(34)26(37)40)42-20-8-4-7-19(38)13-20/h1-8,13,17,21-22,38,41H,9-12,14-16,34H2/t21-,22+,27+/m1/s1. The second kappa shape index (κ2) is 10.9. The van der Waals surface area contributed by atoms with Gasteiger partial charge in [0.1, 0.15) is 23.4 Å². The predicted octanol–water partition coefficient (Wildman–Crippen LogP) is 4.14. The van der Waals surface area contributed by atoms with Crippen LogP contribution in [0.1, 0.15) is 37.2 Å². The highest BCUT2D eigenvalue weighted by molar-refractivity contribution is 5.80. The minimum Gasteiger partial charge on any atom is -0.508 e. The summed E-state index contributed by atoms with van der Waals surface area (Å²) in [6, 6.07) is 14.0. The Balaban J connectivity index is 1.32. The van der Waals surface area contributed by atoms with Crippen LogP contribution in [0.25, 0.3) is 0 Å². The molecule has 0 spiro atoms. The Hall–Kier alpha value is -4.13. The number of alkyl halides is 4. The molecule has 1 aliphatic carbocycles. The molecule has 1 amide bonds. The van der Waals surface area contributed by atoms with Gasteiger partial charge in [0.25, 0.3) is 11.5 Å². The fourth-order valence-corrected chi connectivity index (χ4v) is 5.69. The lowest BCUT2D eigenvalue weighted by Gasteiger charge is -2.46. The number of likely N-dealkylation sites (tertiary alicyclic amines) is 1. The van der Waals surface area contributed by atoms with Gasteiger partial charge in [-0.05, 0) is 24.1 Å². The van der Waals surface area contributed by atoms with E-state index in [4.69, 9.17) is 10.5 Å². The first-order valence-corrected chi connectivity index (χ1v) is 13.4. The van der Waals surface area contributed by atoms with Gasteiger partial charge in [-0.3, -0.25) is 14.2 Å². The van der Waals surface area contributed by atoms with Gasteiger partial charge < -0.3 is 25.6 Å². The molecule has 13 heteroatoms. The van der Waals surface area contributed by atoms with Crippen molar-refractivity contribution < 1.29 is 37.3 Å². The molecular formula is C29H30F4N4O5. The smallest absolute Gasteiger partial charge is 0.295 e. The number of piperidine rings is 1. The zero-order valence-electron chi connectivity index (χ0n) is 22.4. The van der Waals surface area contributed by atoms with Gasteiger partial charge in [-0.25, -0.2) is 22.5 Å². The second-order valence-electron chi connectivity index (χ2n) is 11.0. The van der Waals surface area contributed by atoms with E-state index in [0.717, 1.165) is 15.8 Å². The lowest BCUT2D eigenvalue weighted by atomic mass is 9.73. The van der Waals surface area contributed by atoms with E-state index in [2.05, 4.69) is 4.98 Å². The van der Waals surface area contributed by atoms with Crippen molar-refractivity contribution in [3.63, 3.8) is 0 Å². The SMILES string of the molecule is Nc1c(Oc2cccc(O)c2)ncn(C[C@@]2(O)CCN(C(=O)[C@@H]3CCC(F)(F)C[C@H]3c3ccccc3)CC2(F)F)c1=O. The van der Waals surface area contributed by atoms with Crippen molar-refractivity contribution in [2.24, 2.45) is 5.92 Å². The number of benzene rings is 2. The van der Waals surface area contributed by atoms with Crippen molar-refractivity contribution in [2.45, 2.75) is 55.6 Å². The van der Waals surface area contributed by atoms with E-state index in [1.807, 2.05) is 0 Å². The Labute approximate surface area is 238 Å². The van der Waals surface area contributed by atoms with Crippen LogP contribution < -0.4 is 16.0 Å². The third kappa shape index (κ3) is 5.78. The number of nitrogens with two attached hydrogens (primary N) is 1. The summed E-state index contributed by atoms with van der Waals surface area (Å²) in [7, 11) is 0. The van der Waals surface area contributed by atoms with E-state index in [9.17, 15) is 28.6 Å². The first kappa shape index (κ1) is 29.4. The molecule has 5 rings (SSSR count). The topological polar surface area (TPSA) is 131 Å². The summed E-state index contributed by atoms with van der Waals surface area (Å²) in [5, 5.41) is 20.6. The largest absolute Gasteiger partial charge is 0.508 e. The van der Waals surface area contributed by atoms with Crippen molar-refractivity contribution >= 4 is 11.6 Å². The Kier molecular flexibility index (Phi) is 7.64. The minimum atomic E-state index is -3.85. The van der Waals surface area contributed by atoms with Crippen LogP contribution in [-0.4, -0.2) is 61.1 Å². The van der Waals surface area contributed by atoms with E-state index in [1.54, 1.807) is 30.3 Å². The van der Waals surface area contributed by atoms with Crippen LogP contribution in [0, 0.1) is 5.92 Å². The molecule has 2 aliphatic rings. The molecule has 224 valence electrons. The van der Waals surface area contributed by atoms with E-state index in [-0.39, 0.29) is 30.3 Å². The highest BCUT2D eigenvalue weighted by Gasteiger charge is 2.58. The molecule has 2 heterocycles. The normalized spacial score (nSPS) is 25.1. The number of anilines is 1. The molecule has 1 saturated heterocycles. The number of aromatic nitrogens is 2. The van der Waals surface area contributed by atoms with Crippen LogP contribution in [0.3, 0.4) is 0 Å². The number of phenols is 1.